The molecule has 4 heterocycles. The molecule has 172 valence electrons. The maximum Gasteiger partial charge on any atom is 0.305 e. The summed E-state index contributed by atoms with van der Waals surface area (Å²) in [6.07, 6.45) is 13.0. The lowest BCUT2D eigenvalue weighted by atomic mass is 9.84. The Bertz CT molecular complexity index is 1380. The number of ether oxygens (including phenoxy) is 1. The number of hydrogen-bond acceptors (Lipinski definition) is 6. The van der Waals surface area contributed by atoms with Gasteiger partial charge in [0.2, 0.25) is 5.95 Å². The van der Waals surface area contributed by atoms with Crippen molar-refractivity contribution >= 4 is 11.5 Å². The van der Waals surface area contributed by atoms with Crippen molar-refractivity contribution in [2.24, 2.45) is 5.92 Å². The van der Waals surface area contributed by atoms with Crippen molar-refractivity contribution in [3.63, 3.8) is 0 Å². The van der Waals surface area contributed by atoms with E-state index in [2.05, 4.69) is 21.3 Å². The molecule has 0 unspecified atom stereocenters. The second-order valence-electron chi connectivity index (χ2n) is 8.64. The smallest absolute Gasteiger partial charge is 0.305 e. The van der Waals surface area contributed by atoms with Crippen LogP contribution in [0.2, 0.25) is 0 Å². The fourth-order valence-electron chi connectivity index (χ4n) is 4.74. The van der Waals surface area contributed by atoms with E-state index < -0.39 is 5.95 Å². The zero-order valence-corrected chi connectivity index (χ0v) is 18.7. The van der Waals surface area contributed by atoms with Crippen LogP contribution in [0.25, 0.3) is 27.8 Å². The molecule has 1 fully saturated rings. The third-order valence-corrected chi connectivity index (χ3v) is 6.58. The van der Waals surface area contributed by atoms with Crippen LogP contribution in [0.3, 0.4) is 0 Å². The monoisotopic (exact) mass is 458 g/mol. The van der Waals surface area contributed by atoms with Crippen molar-refractivity contribution in [2.75, 3.05) is 7.11 Å². The average molecular weight is 458 g/mol. The summed E-state index contributed by atoms with van der Waals surface area (Å²) in [4.78, 5) is 15.3. The molecule has 0 N–H and O–H groups in total. The fourth-order valence-corrected chi connectivity index (χ4v) is 4.74. The Labute approximate surface area is 195 Å². The lowest BCUT2D eigenvalue weighted by molar-refractivity contribution is -0.142. The highest BCUT2D eigenvalue weighted by atomic mass is 19.1. The number of nitriles is 1. The van der Waals surface area contributed by atoms with Crippen LogP contribution in [0.4, 0.5) is 4.39 Å². The maximum absolute atomic E-state index is 13.4. The van der Waals surface area contributed by atoms with Gasteiger partial charge in [-0.05, 0) is 49.8 Å². The highest BCUT2D eigenvalue weighted by molar-refractivity contribution is 5.87. The minimum absolute atomic E-state index is 0.148. The van der Waals surface area contributed by atoms with E-state index in [0.717, 1.165) is 42.4 Å². The summed E-state index contributed by atoms with van der Waals surface area (Å²) in [7, 11) is 1.43. The number of hydrogen-bond donors (Lipinski definition) is 0. The number of carbonyl (C=O) groups is 1. The van der Waals surface area contributed by atoms with Gasteiger partial charge in [-0.15, -0.1) is 0 Å². The van der Waals surface area contributed by atoms with Gasteiger partial charge in [0.25, 0.3) is 0 Å². The van der Waals surface area contributed by atoms with Crippen LogP contribution in [0, 0.1) is 23.2 Å². The van der Waals surface area contributed by atoms with E-state index >= 15 is 0 Å². The number of methoxy groups -OCH3 is 1. The molecule has 9 heteroatoms. The number of aromatic nitrogens is 5. The molecule has 0 atom stereocenters. The Morgan fingerprint density at radius 1 is 1.12 bits per heavy atom. The standard InChI is InChI=1S/C25H23FN6O2/c1-34-24(33)8-16-2-5-21(6-3-16)31-15-20(13-29-31)18-9-22(17-4-7-23(26)28-11-17)25-19(10-27)12-30-32(25)14-18/h4,7,9,11-16,21H,2-3,5-6,8H2,1H3/t16-,21-. The zero-order chi connectivity index (χ0) is 23.7. The van der Waals surface area contributed by atoms with Gasteiger partial charge in [0.15, 0.2) is 0 Å². The lowest BCUT2D eigenvalue weighted by Gasteiger charge is -2.28. The van der Waals surface area contributed by atoms with Gasteiger partial charge < -0.3 is 4.74 Å². The number of fused-ring (bicyclic) bond motifs is 1. The minimum Gasteiger partial charge on any atom is -0.469 e. The summed E-state index contributed by atoms with van der Waals surface area (Å²) < 4.78 is 21.9. The first-order chi connectivity index (χ1) is 16.6. The molecule has 8 nitrogen and oxygen atoms in total. The number of esters is 1. The number of carbonyl (C=O) groups excluding carboxylic acids is 1. The predicted octanol–water partition coefficient (Wildman–Crippen LogP) is 4.56. The van der Waals surface area contributed by atoms with E-state index in [-0.39, 0.29) is 12.0 Å². The summed E-state index contributed by atoms with van der Waals surface area (Å²) in [5, 5.41) is 18.5. The van der Waals surface area contributed by atoms with Gasteiger partial charge in [-0.25, -0.2) is 9.50 Å². The Balaban J connectivity index is 1.44. The van der Waals surface area contributed by atoms with E-state index in [1.54, 1.807) is 10.6 Å². The topological polar surface area (TPSA) is 98.1 Å². The Hall–Kier alpha value is -4.06. The van der Waals surface area contributed by atoms with E-state index in [9.17, 15) is 14.4 Å². The quantitative estimate of drug-likeness (QED) is 0.321. The molecular weight excluding hydrogens is 435 g/mol. The first-order valence-electron chi connectivity index (χ1n) is 11.2. The van der Waals surface area contributed by atoms with Crippen molar-refractivity contribution in [3.05, 3.63) is 60.7 Å². The molecule has 0 aromatic carbocycles. The van der Waals surface area contributed by atoms with Gasteiger partial charge in [-0.2, -0.15) is 19.8 Å². The van der Waals surface area contributed by atoms with Crippen molar-refractivity contribution in [1.29, 1.82) is 5.26 Å². The Morgan fingerprint density at radius 3 is 2.65 bits per heavy atom. The average Bonchev–Trinajstić information content (AvgIpc) is 3.52. The molecule has 0 saturated heterocycles. The molecule has 1 aliphatic carbocycles. The van der Waals surface area contributed by atoms with E-state index in [0.29, 0.717) is 29.0 Å². The first kappa shape index (κ1) is 21.8. The van der Waals surface area contributed by atoms with Crippen LogP contribution in [-0.4, -0.2) is 37.5 Å². The summed E-state index contributed by atoms with van der Waals surface area (Å²) in [6.45, 7) is 0. The van der Waals surface area contributed by atoms with Crippen molar-refractivity contribution in [2.45, 2.75) is 38.1 Å². The molecule has 4 aromatic rings. The summed E-state index contributed by atoms with van der Waals surface area (Å²) in [5.41, 5.74) is 4.33. The van der Waals surface area contributed by atoms with Crippen molar-refractivity contribution in [3.8, 4) is 28.3 Å². The summed E-state index contributed by atoms with van der Waals surface area (Å²) >= 11 is 0. The van der Waals surface area contributed by atoms with E-state index in [4.69, 9.17) is 4.74 Å². The molecule has 5 rings (SSSR count). The molecule has 1 aliphatic rings. The molecule has 34 heavy (non-hydrogen) atoms. The van der Waals surface area contributed by atoms with Crippen molar-refractivity contribution in [1.82, 2.24) is 24.4 Å². The van der Waals surface area contributed by atoms with E-state index in [1.165, 1.54) is 25.6 Å². The number of nitrogens with zero attached hydrogens (tertiary/aromatic N) is 6. The molecule has 0 aliphatic heterocycles. The van der Waals surface area contributed by atoms with Gasteiger partial charge >= 0.3 is 5.97 Å². The summed E-state index contributed by atoms with van der Waals surface area (Å²) in [6, 6.07) is 7.36. The molecule has 0 bridgehead atoms. The van der Waals surface area contributed by atoms with Gasteiger partial charge in [-0.3, -0.25) is 9.48 Å². The lowest BCUT2D eigenvalue weighted by Crippen LogP contribution is -2.20. The van der Waals surface area contributed by atoms with E-state index in [1.807, 2.05) is 29.3 Å². The Morgan fingerprint density at radius 2 is 1.94 bits per heavy atom. The highest BCUT2D eigenvalue weighted by Gasteiger charge is 2.25. The zero-order valence-electron chi connectivity index (χ0n) is 18.7. The molecule has 0 amide bonds. The number of rotatable bonds is 5. The van der Waals surface area contributed by atoms with Crippen LogP contribution < -0.4 is 0 Å². The predicted molar refractivity (Wildman–Crippen MR) is 122 cm³/mol. The highest BCUT2D eigenvalue weighted by Crippen LogP contribution is 2.36. The van der Waals surface area contributed by atoms with Crippen LogP contribution in [0.15, 0.2) is 49.2 Å². The largest absolute Gasteiger partial charge is 0.469 e. The molecule has 0 radical (unpaired) electrons. The first-order valence-corrected chi connectivity index (χ1v) is 11.2. The van der Waals surface area contributed by atoms with Crippen LogP contribution >= 0.6 is 0 Å². The van der Waals surface area contributed by atoms with Gasteiger partial charge in [0.05, 0.1) is 36.6 Å². The molecule has 0 spiro atoms. The molecule has 1 saturated carbocycles. The van der Waals surface area contributed by atoms with Crippen molar-refractivity contribution < 1.29 is 13.9 Å². The second kappa shape index (κ2) is 9.06. The SMILES string of the molecule is COC(=O)C[C@H]1CC[C@H](n2cc(-c3cc(-c4ccc(F)nc4)c4c(C#N)cnn4c3)cn2)CC1. The minimum atomic E-state index is -0.562. The van der Waals surface area contributed by atoms with Gasteiger partial charge in [-0.1, -0.05) is 0 Å². The van der Waals surface area contributed by atoms with Crippen LogP contribution in [0.5, 0.6) is 0 Å². The number of pyridine rings is 2. The van der Waals surface area contributed by atoms with Crippen LogP contribution in [0.1, 0.15) is 43.7 Å². The second-order valence-corrected chi connectivity index (χ2v) is 8.64. The Kier molecular flexibility index (Phi) is 5.80. The van der Waals surface area contributed by atoms with Gasteiger partial charge in [0.1, 0.15) is 6.07 Å². The fraction of sp³-hybridized carbons (Fsp3) is 0.320. The van der Waals surface area contributed by atoms with Crippen LogP contribution in [-0.2, 0) is 9.53 Å². The normalized spacial score (nSPS) is 18.0. The maximum atomic E-state index is 13.4. The van der Waals surface area contributed by atoms with Gasteiger partial charge in [0, 0.05) is 47.3 Å². The number of halogens is 1. The third-order valence-electron chi connectivity index (χ3n) is 6.58. The third kappa shape index (κ3) is 4.15. The summed E-state index contributed by atoms with van der Waals surface area (Å²) in [5.74, 6) is -0.347. The molecular formula is C25H23FN6O2. The molecule has 4 aromatic heterocycles.